The van der Waals surface area contributed by atoms with Crippen molar-refractivity contribution in [1.29, 1.82) is 0 Å². The summed E-state index contributed by atoms with van der Waals surface area (Å²) in [7, 11) is 0. The van der Waals surface area contributed by atoms with E-state index in [-0.39, 0.29) is 5.91 Å². The topological polar surface area (TPSA) is 46.1 Å². The lowest BCUT2D eigenvalue weighted by Gasteiger charge is -2.16. The van der Waals surface area contributed by atoms with Crippen molar-refractivity contribution in [3.05, 3.63) is 23.0 Å². The Kier molecular flexibility index (Phi) is 6.58. The quantitative estimate of drug-likeness (QED) is 0.626. The highest BCUT2D eigenvalue weighted by Crippen LogP contribution is 2.17. The number of hydrogen-bond donors (Lipinski definition) is 2. The Morgan fingerprint density at radius 3 is 2.67 bits per heavy atom. The van der Waals surface area contributed by atoms with Crippen LogP contribution < -0.4 is 10.6 Å². The van der Waals surface area contributed by atoms with Crippen LogP contribution in [0.3, 0.4) is 0 Å². The van der Waals surface area contributed by atoms with Crippen molar-refractivity contribution < 1.29 is 4.79 Å². The SMILES string of the molecule is CCn1cc(Cl)cc1C(=O)NCCNC1CCCCCC1. The maximum atomic E-state index is 12.1. The Bertz CT molecular complexity index is 450. The average Bonchev–Trinajstić information content (AvgIpc) is 2.69. The molecule has 5 heteroatoms. The third kappa shape index (κ3) is 5.04. The zero-order valence-corrected chi connectivity index (χ0v) is 13.6. The van der Waals surface area contributed by atoms with Crippen LogP contribution in [-0.4, -0.2) is 29.6 Å². The van der Waals surface area contributed by atoms with E-state index in [9.17, 15) is 4.79 Å². The van der Waals surface area contributed by atoms with Crippen molar-refractivity contribution in [3.63, 3.8) is 0 Å². The molecule has 1 aromatic heterocycles. The van der Waals surface area contributed by atoms with E-state index in [4.69, 9.17) is 11.6 Å². The largest absolute Gasteiger partial charge is 0.349 e. The molecule has 0 unspecified atom stereocenters. The summed E-state index contributed by atoms with van der Waals surface area (Å²) in [6.45, 7) is 4.23. The summed E-state index contributed by atoms with van der Waals surface area (Å²) in [5.74, 6) is -0.0496. The molecule has 0 spiro atoms. The van der Waals surface area contributed by atoms with Gasteiger partial charge in [-0.3, -0.25) is 4.79 Å². The minimum Gasteiger partial charge on any atom is -0.349 e. The summed E-state index contributed by atoms with van der Waals surface area (Å²) in [5.41, 5.74) is 0.636. The number of aryl methyl sites for hydroxylation is 1. The van der Waals surface area contributed by atoms with Gasteiger partial charge in [-0.2, -0.15) is 0 Å². The lowest BCUT2D eigenvalue weighted by atomic mass is 10.1. The van der Waals surface area contributed by atoms with Crippen LogP contribution in [0.2, 0.25) is 5.02 Å². The lowest BCUT2D eigenvalue weighted by molar-refractivity contribution is 0.0944. The number of carbonyl (C=O) groups excluding carboxylic acids is 1. The second-order valence-corrected chi connectivity index (χ2v) is 6.16. The van der Waals surface area contributed by atoms with Gasteiger partial charge in [0.2, 0.25) is 0 Å². The number of carbonyl (C=O) groups is 1. The molecule has 0 atom stereocenters. The van der Waals surface area contributed by atoms with Crippen molar-refractivity contribution in [1.82, 2.24) is 15.2 Å². The summed E-state index contributed by atoms with van der Waals surface area (Å²) < 4.78 is 1.87. The van der Waals surface area contributed by atoms with E-state index in [1.54, 1.807) is 12.3 Å². The molecule has 0 radical (unpaired) electrons. The van der Waals surface area contributed by atoms with Gasteiger partial charge in [-0.1, -0.05) is 37.3 Å². The second kappa shape index (κ2) is 8.44. The van der Waals surface area contributed by atoms with Gasteiger partial charge in [0.15, 0.2) is 0 Å². The molecule has 0 bridgehead atoms. The predicted molar refractivity (Wildman–Crippen MR) is 86.9 cm³/mol. The molecule has 0 aromatic carbocycles. The molecule has 1 aliphatic rings. The van der Waals surface area contributed by atoms with Crippen molar-refractivity contribution in [2.45, 2.75) is 58.0 Å². The van der Waals surface area contributed by atoms with E-state index in [1.807, 2.05) is 11.5 Å². The van der Waals surface area contributed by atoms with Crippen LogP contribution in [0, 0.1) is 0 Å². The van der Waals surface area contributed by atoms with E-state index in [1.165, 1.54) is 38.5 Å². The number of nitrogens with one attached hydrogen (secondary N) is 2. The minimum atomic E-state index is -0.0496. The normalized spacial score (nSPS) is 16.7. The summed E-state index contributed by atoms with van der Waals surface area (Å²) in [6, 6.07) is 2.34. The summed E-state index contributed by atoms with van der Waals surface area (Å²) >= 11 is 5.95. The molecular weight excluding hydrogens is 286 g/mol. The highest BCUT2D eigenvalue weighted by atomic mass is 35.5. The first kappa shape index (κ1) is 16.4. The average molecular weight is 312 g/mol. The standard InChI is InChI=1S/C16H26ClN3O/c1-2-20-12-13(17)11-15(20)16(21)19-10-9-18-14-7-5-3-4-6-8-14/h11-12,14,18H,2-10H2,1H3,(H,19,21). The molecule has 118 valence electrons. The zero-order valence-electron chi connectivity index (χ0n) is 12.8. The molecule has 4 nitrogen and oxygen atoms in total. The second-order valence-electron chi connectivity index (χ2n) is 5.73. The van der Waals surface area contributed by atoms with E-state index >= 15 is 0 Å². The van der Waals surface area contributed by atoms with Gasteiger partial charge in [0, 0.05) is 31.9 Å². The van der Waals surface area contributed by atoms with Gasteiger partial charge < -0.3 is 15.2 Å². The first-order valence-corrected chi connectivity index (χ1v) is 8.45. The van der Waals surface area contributed by atoms with Crippen LogP contribution in [0.15, 0.2) is 12.3 Å². The molecule has 1 aliphatic carbocycles. The van der Waals surface area contributed by atoms with Gasteiger partial charge in [0.1, 0.15) is 5.69 Å². The van der Waals surface area contributed by atoms with Gasteiger partial charge in [-0.15, -0.1) is 0 Å². The molecule has 1 heterocycles. The Morgan fingerprint density at radius 2 is 2.00 bits per heavy atom. The summed E-state index contributed by atoms with van der Waals surface area (Å²) in [5, 5.41) is 7.13. The first-order valence-electron chi connectivity index (χ1n) is 8.08. The fraction of sp³-hybridized carbons (Fsp3) is 0.688. The Hall–Kier alpha value is -1.00. The highest BCUT2D eigenvalue weighted by Gasteiger charge is 2.13. The Balaban J connectivity index is 1.71. The summed E-state index contributed by atoms with van der Waals surface area (Å²) in [6.07, 6.45) is 9.71. The van der Waals surface area contributed by atoms with Crippen LogP contribution in [-0.2, 0) is 6.54 Å². The van der Waals surface area contributed by atoms with Crippen molar-refractivity contribution in [2.75, 3.05) is 13.1 Å². The molecule has 1 fully saturated rings. The Morgan fingerprint density at radius 1 is 1.29 bits per heavy atom. The third-order valence-corrected chi connectivity index (χ3v) is 4.34. The third-order valence-electron chi connectivity index (χ3n) is 4.14. The summed E-state index contributed by atoms with van der Waals surface area (Å²) in [4.78, 5) is 12.1. The van der Waals surface area contributed by atoms with Gasteiger partial charge in [0.25, 0.3) is 5.91 Å². The maximum absolute atomic E-state index is 12.1. The van der Waals surface area contributed by atoms with E-state index in [0.717, 1.165) is 13.1 Å². The van der Waals surface area contributed by atoms with Crippen LogP contribution in [0.4, 0.5) is 0 Å². The van der Waals surface area contributed by atoms with Gasteiger partial charge in [0.05, 0.1) is 5.02 Å². The Labute approximate surface area is 132 Å². The molecule has 21 heavy (non-hydrogen) atoms. The number of amides is 1. The molecule has 0 aliphatic heterocycles. The number of aromatic nitrogens is 1. The maximum Gasteiger partial charge on any atom is 0.268 e. The van der Waals surface area contributed by atoms with Crippen molar-refractivity contribution in [2.24, 2.45) is 0 Å². The smallest absolute Gasteiger partial charge is 0.268 e. The fourth-order valence-electron chi connectivity index (χ4n) is 2.95. The van der Waals surface area contributed by atoms with Crippen LogP contribution >= 0.6 is 11.6 Å². The van der Waals surface area contributed by atoms with Crippen molar-refractivity contribution >= 4 is 17.5 Å². The van der Waals surface area contributed by atoms with Crippen LogP contribution in [0.5, 0.6) is 0 Å². The number of hydrogen-bond acceptors (Lipinski definition) is 2. The van der Waals surface area contributed by atoms with Gasteiger partial charge in [-0.25, -0.2) is 0 Å². The number of nitrogens with zero attached hydrogens (tertiary/aromatic N) is 1. The molecule has 1 saturated carbocycles. The molecule has 1 aromatic rings. The van der Waals surface area contributed by atoms with Gasteiger partial charge in [-0.05, 0) is 25.8 Å². The monoisotopic (exact) mass is 311 g/mol. The highest BCUT2D eigenvalue weighted by molar-refractivity contribution is 6.31. The molecule has 1 amide bonds. The first-order chi connectivity index (χ1) is 10.2. The fourth-order valence-corrected chi connectivity index (χ4v) is 3.17. The number of halogens is 1. The minimum absolute atomic E-state index is 0.0496. The van der Waals surface area contributed by atoms with E-state index in [2.05, 4.69) is 10.6 Å². The molecule has 2 N–H and O–H groups in total. The van der Waals surface area contributed by atoms with E-state index < -0.39 is 0 Å². The van der Waals surface area contributed by atoms with Gasteiger partial charge >= 0.3 is 0 Å². The molecular formula is C16H26ClN3O. The van der Waals surface area contributed by atoms with Crippen LogP contribution in [0.1, 0.15) is 55.9 Å². The zero-order chi connectivity index (χ0) is 15.1. The molecule has 0 saturated heterocycles. The number of rotatable bonds is 6. The van der Waals surface area contributed by atoms with Crippen LogP contribution in [0.25, 0.3) is 0 Å². The van der Waals surface area contributed by atoms with E-state index in [0.29, 0.717) is 23.3 Å². The molecule has 2 rings (SSSR count). The van der Waals surface area contributed by atoms with Crippen molar-refractivity contribution in [3.8, 4) is 0 Å². The lowest BCUT2D eigenvalue weighted by Crippen LogP contribution is -2.37. The predicted octanol–water partition coefficient (Wildman–Crippen LogP) is 3.20.